The number of hydrogen-bond donors (Lipinski definition) is 1. The van der Waals surface area contributed by atoms with E-state index in [1.807, 2.05) is 0 Å². The summed E-state index contributed by atoms with van der Waals surface area (Å²) < 4.78 is 14.0. The van der Waals surface area contributed by atoms with Gasteiger partial charge in [0.15, 0.2) is 0 Å². The first-order valence-corrected chi connectivity index (χ1v) is 23.0. The number of rotatable bonds is 39. The van der Waals surface area contributed by atoms with Crippen LogP contribution in [0.5, 0.6) is 0 Å². The van der Waals surface area contributed by atoms with Crippen molar-refractivity contribution in [2.45, 2.75) is 201 Å². The molecule has 0 aromatic carbocycles. The molecule has 0 fully saturated rings. The van der Waals surface area contributed by atoms with Gasteiger partial charge in [0.1, 0.15) is 6.17 Å². The highest BCUT2D eigenvalue weighted by molar-refractivity contribution is 7.99. The molecule has 46 heavy (non-hydrogen) atoms. The van der Waals surface area contributed by atoms with E-state index in [4.69, 9.17) is 0 Å². The van der Waals surface area contributed by atoms with E-state index in [9.17, 15) is 9.50 Å². The van der Waals surface area contributed by atoms with Crippen LogP contribution in [0.15, 0.2) is 0 Å². The number of halogens is 1. The second-order valence-electron chi connectivity index (χ2n) is 14.4. The van der Waals surface area contributed by atoms with E-state index < -0.39 is 6.17 Å². The molecule has 0 aromatic rings. The molecule has 0 radical (unpaired) electrons. The lowest BCUT2D eigenvalue weighted by Gasteiger charge is -2.23. The van der Waals surface area contributed by atoms with Crippen LogP contribution in [0, 0.1) is 11.8 Å². The third-order valence-electron chi connectivity index (χ3n) is 9.97. The summed E-state index contributed by atoms with van der Waals surface area (Å²) in [6.45, 7) is 11.4. The molecule has 1 N–H and O–H groups in total. The van der Waals surface area contributed by atoms with E-state index in [1.54, 1.807) is 0 Å². The maximum Gasteiger partial charge on any atom is 0.136 e. The monoisotopic (exact) mass is 690 g/mol. The number of aliphatic hydroxyl groups excluding tert-OH is 1. The molecular formula is C41H84FNOS2. The van der Waals surface area contributed by atoms with Crippen LogP contribution in [-0.2, 0) is 0 Å². The Labute approximate surface area is 298 Å². The minimum absolute atomic E-state index is 0.343. The molecule has 0 spiro atoms. The van der Waals surface area contributed by atoms with Crippen LogP contribution < -0.4 is 0 Å². The smallest absolute Gasteiger partial charge is 0.136 e. The lowest BCUT2D eigenvalue weighted by Crippen LogP contribution is -2.33. The quantitative estimate of drug-likeness (QED) is 0.0649. The van der Waals surface area contributed by atoms with Crippen LogP contribution >= 0.6 is 23.5 Å². The zero-order chi connectivity index (χ0) is 33.8. The summed E-state index contributed by atoms with van der Waals surface area (Å²) in [7, 11) is 0. The van der Waals surface area contributed by atoms with Gasteiger partial charge in [-0.05, 0) is 86.5 Å². The van der Waals surface area contributed by atoms with E-state index in [0.29, 0.717) is 6.54 Å². The molecule has 3 atom stereocenters. The fraction of sp³-hybridized carbons (Fsp3) is 1.00. The van der Waals surface area contributed by atoms with Crippen molar-refractivity contribution in [2.24, 2.45) is 11.8 Å². The van der Waals surface area contributed by atoms with Gasteiger partial charge in [-0.2, -0.15) is 23.5 Å². The molecule has 0 aromatic heterocycles. The zero-order valence-electron chi connectivity index (χ0n) is 31.9. The minimum Gasteiger partial charge on any atom is -0.393 e. The summed E-state index contributed by atoms with van der Waals surface area (Å²) in [6, 6.07) is 0. The highest BCUT2D eigenvalue weighted by Gasteiger charge is 2.12. The third kappa shape index (κ3) is 33.1. The summed E-state index contributed by atoms with van der Waals surface area (Å²) in [5, 5.41) is 9.25. The molecule has 0 bridgehead atoms. The van der Waals surface area contributed by atoms with Crippen LogP contribution in [0.2, 0.25) is 0 Å². The van der Waals surface area contributed by atoms with Crippen molar-refractivity contribution in [3.8, 4) is 0 Å². The Kier molecular flexibility index (Phi) is 38.8. The van der Waals surface area contributed by atoms with Gasteiger partial charge in [-0.3, -0.25) is 0 Å². The van der Waals surface area contributed by atoms with Crippen molar-refractivity contribution >= 4 is 23.5 Å². The predicted octanol–water partition coefficient (Wildman–Crippen LogP) is 13.5. The van der Waals surface area contributed by atoms with Crippen molar-refractivity contribution in [3.63, 3.8) is 0 Å². The molecule has 2 nitrogen and oxygen atoms in total. The molecule has 278 valence electrons. The van der Waals surface area contributed by atoms with Gasteiger partial charge in [-0.25, -0.2) is 4.39 Å². The number of aliphatic hydroxyl groups is 1. The summed E-state index contributed by atoms with van der Waals surface area (Å²) >= 11 is 4.39. The summed E-state index contributed by atoms with van der Waals surface area (Å²) in [5.41, 5.74) is 0. The van der Waals surface area contributed by atoms with Gasteiger partial charge in [-0.1, -0.05) is 156 Å². The molecule has 0 saturated carbocycles. The molecular weight excluding hydrogens is 606 g/mol. The Balaban J connectivity index is 3.67. The number of hydrogen-bond acceptors (Lipinski definition) is 4. The van der Waals surface area contributed by atoms with Gasteiger partial charge in [0.25, 0.3) is 0 Å². The van der Waals surface area contributed by atoms with Gasteiger partial charge in [0, 0.05) is 6.54 Å². The van der Waals surface area contributed by atoms with Crippen LogP contribution in [0.1, 0.15) is 195 Å². The van der Waals surface area contributed by atoms with Gasteiger partial charge in [-0.15, -0.1) is 0 Å². The zero-order valence-corrected chi connectivity index (χ0v) is 33.5. The standard InChI is InChI=1S/C41H84FNOS2/c1-5-9-29-39(7-3)37-45-33-27-23-19-15-11-13-17-21-25-31-43(35-41(42)36-44)32-26-22-18-14-12-16-20-24-28-34-46-38-40(8-4)30-10-6-2/h39-41,44H,5-38H2,1-4H3. The van der Waals surface area contributed by atoms with Crippen molar-refractivity contribution in [2.75, 3.05) is 49.3 Å². The van der Waals surface area contributed by atoms with Gasteiger partial charge < -0.3 is 10.0 Å². The Hall–Kier alpha value is 0.550. The maximum absolute atomic E-state index is 14.0. The summed E-state index contributed by atoms with van der Waals surface area (Å²) in [4.78, 5) is 2.29. The topological polar surface area (TPSA) is 23.5 Å². The number of unbranched alkanes of at least 4 members (excludes halogenated alkanes) is 18. The van der Waals surface area contributed by atoms with Crippen LogP contribution in [0.3, 0.4) is 0 Å². The van der Waals surface area contributed by atoms with Crippen molar-refractivity contribution in [1.29, 1.82) is 0 Å². The molecule has 0 aliphatic heterocycles. The fourth-order valence-corrected chi connectivity index (χ4v) is 9.10. The third-order valence-corrected chi connectivity index (χ3v) is 12.5. The number of alkyl halides is 1. The highest BCUT2D eigenvalue weighted by atomic mass is 32.2. The normalized spacial score (nSPS) is 13.9. The van der Waals surface area contributed by atoms with E-state index in [1.165, 1.54) is 190 Å². The Morgan fingerprint density at radius 1 is 0.500 bits per heavy atom. The SMILES string of the molecule is CCCCC(CC)CSCCCCCCCCCCCN(CCCCCCCCCCCSCC(CC)CCCC)CC(F)CO. The molecule has 0 aliphatic rings. The van der Waals surface area contributed by atoms with E-state index >= 15 is 0 Å². The first kappa shape index (κ1) is 46.5. The maximum atomic E-state index is 14.0. The molecule has 3 unspecified atom stereocenters. The van der Waals surface area contributed by atoms with E-state index in [0.717, 1.165) is 24.9 Å². The van der Waals surface area contributed by atoms with Crippen LogP contribution in [0.25, 0.3) is 0 Å². The summed E-state index contributed by atoms with van der Waals surface area (Å²) in [6.07, 6.45) is 34.1. The van der Waals surface area contributed by atoms with Gasteiger partial charge in [0.05, 0.1) is 6.61 Å². The molecule has 5 heteroatoms. The number of nitrogens with zero attached hydrogens (tertiary/aromatic N) is 1. The Morgan fingerprint density at radius 2 is 0.848 bits per heavy atom. The lowest BCUT2D eigenvalue weighted by atomic mass is 10.0. The van der Waals surface area contributed by atoms with Crippen molar-refractivity contribution < 1.29 is 9.50 Å². The Bertz CT molecular complexity index is 527. The van der Waals surface area contributed by atoms with Gasteiger partial charge >= 0.3 is 0 Å². The second kappa shape index (κ2) is 38.4. The minimum atomic E-state index is -1.10. The van der Waals surface area contributed by atoms with E-state index in [-0.39, 0.29) is 6.61 Å². The predicted molar refractivity (Wildman–Crippen MR) is 213 cm³/mol. The highest BCUT2D eigenvalue weighted by Crippen LogP contribution is 2.21. The largest absolute Gasteiger partial charge is 0.393 e. The fourth-order valence-electron chi connectivity index (χ4n) is 6.48. The lowest BCUT2D eigenvalue weighted by molar-refractivity contribution is 0.123. The molecule has 0 heterocycles. The average molecular weight is 690 g/mol. The molecule has 0 saturated heterocycles. The van der Waals surface area contributed by atoms with Crippen molar-refractivity contribution in [1.82, 2.24) is 4.90 Å². The number of thioether (sulfide) groups is 2. The first-order valence-electron chi connectivity index (χ1n) is 20.7. The molecule has 0 aliphatic carbocycles. The average Bonchev–Trinajstić information content (AvgIpc) is 3.07. The molecule has 0 amide bonds. The van der Waals surface area contributed by atoms with Crippen LogP contribution in [-0.4, -0.2) is 65.4 Å². The second-order valence-corrected chi connectivity index (χ2v) is 16.7. The van der Waals surface area contributed by atoms with E-state index in [2.05, 4.69) is 56.1 Å². The van der Waals surface area contributed by atoms with Crippen molar-refractivity contribution in [3.05, 3.63) is 0 Å². The van der Waals surface area contributed by atoms with Gasteiger partial charge in [0.2, 0.25) is 0 Å². The molecule has 0 rings (SSSR count). The van der Waals surface area contributed by atoms with Crippen LogP contribution in [0.4, 0.5) is 4.39 Å². The Morgan fingerprint density at radius 3 is 1.17 bits per heavy atom. The first-order chi connectivity index (χ1) is 22.6. The summed E-state index contributed by atoms with van der Waals surface area (Å²) in [5.74, 6) is 7.34.